The molecule has 6 nitrogen and oxygen atoms in total. The molecule has 0 bridgehead atoms. The Kier molecular flexibility index (Phi) is 5.86. The van der Waals surface area contributed by atoms with Crippen molar-refractivity contribution in [1.82, 2.24) is 14.9 Å². The minimum atomic E-state index is -0.0814. The third kappa shape index (κ3) is 4.33. The number of amides is 1. The molecule has 1 atom stereocenters. The summed E-state index contributed by atoms with van der Waals surface area (Å²) in [5.41, 5.74) is 0.847. The summed E-state index contributed by atoms with van der Waals surface area (Å²) in [5, 5.41) is 0. The zero-order chi connectivity index (χ0) is 19.3. The highest BCUT2D eigenvalue weighted by Gasteiger charge is 2.34. The monoisotopic (exact) mass is 381 g/mol. The molecule has 6 heteroatoms. The SMILES string of the molecule is Cc1cc(Oc2ccccc2)nc([C@H]2CCCCN2C(=O)C2CCOCC2)n1. The Balaban J connectivity index is 1.57. The van der Waals surface area contributed by atoms with Crippen LogP contribution in [0.4, 0.5) is 0 Å². The normalized spacial score (nSPS) is 20.8. The average molecular weight is 381 g/mol. The molecule has 0 unspecified atom stereocenters. The molecule has 2 aromatic rings. The summed E-state index contributed by atoms with van der Waals surface area (Å²) >= 11 is 0. The van der Waals surface area contributed by atoms with Crippen LogP contribution in [0.2, 0.25) is 0 Å². The van der Waals surface area contributed by atoms with E-state index in [0.29, 0.717) is 24.9 Å². The molecule has 2 aliphatic rings. The largest absolute Gasteiger partial charge is 0.439 e. The smallest absolute Gasteiger partial charge is 0.226 e. The van der Waals surface area contributed by atoms with Crippen LogP contribution in [0, 0.1) is 12.8 Å². The van der Waals surface area contributed by atoms with Crippen molar-refractivity contribution in [3.63, 3.8) is 0 Å². The number of carbonyl (C=O) groups excluding carboxylic acids is 1. The lowest BCUT2D eigenvalue weighted by Gasteiger charge is -2.37. The quantitative estimate of drug-likeness (QED) is 0.799. The van der Waals surface area contributed by atoms with Gasteiger partial charge in [-0.3, -0.25) is 4.79 Å². The molecule has 2 saturated heterocycles. The van der Waals surface area contributed by atoms with Gasteiger partial charge in [0.05, 0.1) is 6.04 Å². The predicted octanol–water partition coefficient (Wildman–Crippen LogP) is 4.06. The van der Waals surface area contributed by atoms with Crippen molar-refractivity contribution in [1.29, 1.82) is 0 Å². The molecule has 2 fully saturated rings. The molecule has 0 spiro atoms. The van der Waals surface area contributed by atoms with Crippen molar-refractivity contribution in [3.8, 4) is 11.6 Å². The van der Waals surface area contributed by atoms with Gasteiger partial charge in [0.15, 0.2) is 5.82 Å². The number of rotatable bonds is 4. The zero-order valence-corrected chi connectivity index (χ0v) is 16.3. The van der Waals surface area contributed by atoms with Crippen LogP contribution in [0.15, 0.2) is 36.4 Å². The molecule has 1 aromatic heterocycles. The van der Waals surface area contributed by atoms with Gasteiger partial charge >= 0.3 is 0 Å². The first-order valence-electron chi connectivity index (χ1n) is 10.2. The Morgan fingerprint density at radius 3 is 2.68 bits per heavy atom. The summed E-state index contributed by atoms with van der Waals surface area (Å²) in [5.74, 6) is 2.23. The number of aryl methyl sites for hydroxylation is 1. The van der Waals surface area contributed by atoms with Crippen LogP contribution in [-0.2, 0) is 9.53 Å². The number of hydrogen-bond donors (Lipinski definition) is 0. The minimum absolute atomic E-state index is 0.0548. The highest BCUT2D eigenvalue weighted by molar-refractivity contribution is 5.79. The molecule has 148 valence electrons. The summed E-state index contributed by atoms with van der Waals surface area (Å²) < 4.78 is 11.4. The second kappa shape index (κ2) is 8.69. The third-order valence-corrected chi connectivity index (χ3v) is 5.47. The van der Waals surface area contributed by atoms with Gasteiger partial charge in [0.2, 0.25) is 11.8 Å². The van der Waals surface area contributed by atoms with Crippen LogP contribution in [0.25, 0.3) is 0 Å². The first-order valence-corrected chi connectivity index (χ1v) is 10.2. The molecule has 1 aromatic carbocycles. The van der Waals surface area contributed by atoms with E-state index in [1.807, 2.05) is 48.2 Å². The number of nitrogens with zero attached hydrogens (tertiary/aromatic N) is 3. The van der Waals surface area contributed by atoms with E-state index < -0.39 is 0 Å². The second-order valence-corrected chi connectivity index (χ2v) is 7.55. The van der Waals surface area contributed by atoms with E-state index in [4.69, 9.17) is 9.47 Å². The Labute approximate surface area is 165 Å². The average Bonchev–Trinajstić information content (AvgIpc) is 2.74. The van der Waals surface area contributed by atoms with Crippen LogP contribution >= 0.6 is 0 Å². The molecule has 28 heavy (non-hydrogen) atoms. The zero-order valence-electron chi connectivity index (χ0n) is 16.3. The number of piperidine rings is 1. The van der Waals surface area contributed by atoms with E-state index in [1.54, 1.807) is 0 Å². The van der Waals surface area contributed by atoms with Crippen molar-refractivity contribution in [3.05, 3.63) is 47.9 Å². The summed E-state index contributed by atoms with van der Waals surface area (Å²) in [6.07, 6.45) is 4.61. The number of likely N-dealkylation sites (tertiary alicyclic amines) is 1. The van der Waals surface area contributed by atoms with Crippen LogP contribution in [0.5, 0.6) is 11.6 Å². The van der Waals surface area contributed by atoms with Gasteiger partial charge in [-0.1, -0.05) is 18.2 Å². The third-order valence-electron chi connectivity index (χ3n) is 5.47. The molecular formula is C22H27N3O3. The maximum absolute atomic E-state index is 13.2. The number of aromatic nitrogens is 2. The lowest BCUT2D eigenvalue weighted by atomic mass is 9.94. The summed E-state index contributed by atoms with van der Waals surface area (Å²) in [6, 6.07) is 11.4. The minimum Gasteiger partial charge on any atom is -0.439 e. The molecule has 0 aliphatic carbocycles. The standard InChI is InChI=1S/C22H27N3O3/c1-16-15-20(28-18-7-3-2-4-8-18)24-21(23-16)19-9-5-6-12-25(19)22(26)17-10-13-27-14-11-17/h2-4,7-8,15,17,19H,5-6,9-14H2,1H3/t19-/m1/s1. The van der Waals surface area contributed by atoms with Crippen LogP contribution in [0.1, 0.15) is 49.7 Å². The van der Waals surface area contributed by atoms with Gasteiger partial charge in [-0.05, 0) is 51.2 Å². The van der Waals surface area contributed by atoms with Crippen molar-refractivity contribution in [2.24, 2.45) is 5.92 Å². The Hall–Kier alpha value is -2.47. The fraction of sp³-hybridized carbons (Fsp3) is 0.500. The molecule has 0 radical (unpaired) electrons. The first kappa shape index (κ1) is 18.9. The van der Waals surface area contributed by atoms with Crippen LogP contribution in [0.3, 0.4) is 0 Å². The highest BCUT2D eigenvalue weighted by atomic mass is 16.5. The summed E-state index contributed by atoms with van der Waals surface area (Å²) in [6.45, 7) is 4.05. The molecule has 3 heterocycles. The van der Waals surface area contributed by atoms with E-state index in [2.05, 4.69) is 9.97 Å². The molecule has 4 rings (SSSR count). The van der Waals surface area contributed by atoms with Gasteiger partial charge in [-0.15, -0.1) is 0 Å². The van der Waals surface area contributed by atoms with Gasteiger partial charge in [-0.25, -0.2) is 4.98 Å². The second-order valence-electron chi connectivity index (χ2n) is 7.55. The summed E-state index contributed by atoms with van der Waals surface area (Å²) in [4.78, 5) is 24.5. The van der Waals surface area contributed by atoms with Crippen LogP contribution in [-0.4, -0.2) is 40.5 Å². The maximum Gasteiger partial charge on any atom is 0.226 e. The van der Waals surface area contributed by atoms with Gasteiger partial charge in [0, 0.05) is 37.4 Å². The molecule has 1 amide bonds. The van der Waals surface area contributed by atoms with Crippen molar-refractivity contribution in [2.75, 3.05) is 19.8 Å². The van der Waals surface area contributed by atoms with E-state index in [1.165, 1.54) is 0 Å². The van der Waals surface area contributed by atoms with Crippen LogP contribution < -0.4 is 4.74 Å². The first-order chi connectivity index (χ1) is 13.7. The highest BCUT2D eigenvalue weighted by Crippen LogP contribution is 2.33. The summed E-state index contributed by atoms with van der Waals surface area (Å²) in [7, 11) is 0. The lowest BCUT2D eigenvalue weighted by Crippen LogP contribution is -2.43. The van der Waals surface area contributed by atoms with E-state index >= 15 is 0 Å². The molecule has 0 saturated carbocycles. The van der Waals surface area contributed by atoms with Gasteiger partial charge in [0.1, 0.15) is 5.75 Å². The van der Waals surface area contributed by atoms with Gasteiger partial charge in [0.25, 0.3) is 0 Å². The Bertz CT molecular complexity index is 806. The van der Waals surface area contributed by atoms with Crippen molar-refractivity contribution < 1.29 is 14.3 Å². The van der Waals surface area contributed by atoms with Crippen molar-refractivity contribution >= 4 is 5.91 Å². The number of carbonyl (C=O) groups is 1. The van der Waals surface area contributed by atoms with Gasteiger partial charge in [-0.2, -0.15) is 4.98 Å². The molecule has 2 aliphatic heterocycles. The van der Waals surface area contributed by atoms with Crippen molar-refractivity contribution in [2.45, 2.75) is 45.1 Å². The van der Waals surface area contributed by atoms with E-state index in [-0.39, 0.29) is 17.9 Å². The Morgan fingerprint density at radius 2 is 1.89 bits per heavy atom. The fourth-order valence-corrected chi connectivity index (χ4v) is 4.02. The number of benzene rings is 1. The predicted molar refractivity (Wildman–Crippen MR) is 105 cm³/mol. The fourth-order valence-electron chi connectivity index (χ4n) is 4.02. The lowest BCUT2D eigenvalue weighted by molar-refractivity contribution is -0.142. The number of hydrogen-bond acceptors (Lipinski definition) is 5. The number of ether oxygens (including phenoxy) is 2. The maximum atomic E-state index is 13.2. The topological polar surface area (TPSA) is 64.5 Å². The van der Waals surface area contributed by atoms with E-state index in [0.717, 1.165) is 50.1 Å². The Morgan fingerprint density at radius 1 is 1.11 bits per heavy atom. The number of para-hydroxylation sites is 1. The molecular weight excluding hydrogens is 354 g/mol. The van der Waals surface area contributed by atoms with Gasteiger partial charge < -0.3 is 14.4 Å². The van der Waals surface area contributed by atoms with E-state index in [9.17, 15) is 4.79 Å². The molecule has 0 N–H and O–H groups in total.